The zero-order valence-electron chi connectivity index (χ0n) is 12.0. The van der Waals surface area contributed by atoms with E-state index in [0.717, 1.165) is 5.69 Å². The first-order valence-electron chi connectivity index (χ1n) is 6.57. The van der Waals surface area contributed by atoms with E-state index in [-0.39, 0.29) is 11.6 Å². The van der Waals surface area contributed by atoms with Gasteiger partial charge >= 0.3 is 5.97 Å². The molecule has 1 atom stereocenters. The lowest BCUT2D eigenvalue weighted by molar-refractivity contribution is -0.128. The number of ether oxygens (including phenoxy) is 1. The number of hydrogen-bond donors (Lipinski definition) is 1. The van der Waals surface area contributed by atoms with Gasteiger partial charge in [-0.15, -0.1) is 6.58 Å². The van der Waals surface area contributed by atoms with Crippen molar-refractivity contribution < 1.29 is 14.3 Å². The molecule has 0 saturated heterocycles. The molecule has 0 aliphatic carbocycles. The molecule has 21 heavy (non-hydrogen) atoms. The number of aromatic nitrogens is 2. The molecule has 2 aromatic rings. The van der Waals surface area contributed by atoms with Gasteiger partial charge in [-0.3, -0.25) is 4.79 Å². The van der Waals surface area contributed by atoms with Crippen LogP contribution >= 0.6 is 0 Å². The second-order valence-electron chi connectivity index (χ2n) is 4.60. The monoisotopic (exact) mass is 287 g/mol. The number of imidazole rings is 1. The van der Waals surface area contributed by atoms with Crippen molar-refractivity contribution in [3.05, 3.63) is 48.4 Å². The van der Waals surface area contributed by atoms with Crippen LogP contribution < -0.4 is 5.32 Å². The maximum absolute atomic E-state index is 12.0. The third kappa shape index (κ3) is 3.28. The number of hydrogen-bond acceptors (Lipinski definition) is 4. The number of carbonyl (C=O) groups excluding carboxylic acids is 2. The minimum atomic E-state index is -0.886. The fraction of sp³-hybridized carbons (Fsp3) is 0.267. The summed E-state index contributed by atoms with van der Waals surface area (Å²) >= 11 is 0. The Hall–Kier alpha value is -2.63. The summed E-state index contributed by atoms with van der Waals surface area (Å²) in [5.41, 5.74) is 1.79. The molecule has 0 aromatic carbocycles. The van der Waals surface area contributed by atoms with Gasteiger partial charge in [0, 0.05) is 18.4 Å². The maximum Gasteiger partial charge on any atom is 0.359 e. The molecule has 2 aromatic heterocycles. The molecule has 1 N–H and O–H groups in total. The average molecular weight is 287 g/mol. The Balaban J connectivity index is 2.10. The second-order valence-corrected chi connectivity index (χ2v) is 4.60. The summed E-state index contributed by atoms with van der Waals surface area (Å²) in [6.45, 7) is 7.25. The lowest BCUT2D eigenvalue weighted by Gasteiger charge is -2.11. The molecule has 0 aliphatic heterocycles. The zero-order valence-corrected chi connectivity index (χ0v) is 12.0. The third-order valence-electron chi connectivity index (χ3n) is 2.98. The summed E-state index contributed by atoms with van der Waals surface area (Å²) in [6.07, 6.45) is 2.27. The first-order valence-corrected chi connectivity index (χ1v) is 6.57. The summed E-state index contributed by atoms with van der Waals surface area (Å²) in [4.78, 5) is 27.8. The van der Waals surface area contributed by atoms with Crippen molar-refractivity contribution in [2.24, 2.45) is 0 Å². The summed E-state index contributed by atoms with van der Waals surface area (Å²) in [5, 5.41) is 2.56. The number of pyridine rings is 1. The molecular weight excluding hydrogens is 270 g/mol. The minimum Gasteiger partial charge on any atom is -0.448 e. The number of nitrogens with one attached hydrogen (secondary N) is 1. The molecule has 110 valence electrons. The lowest BCUT2D eigenvalue weighted by atomic mass is 10.3. The van der Waals surface area contributed by atoms with Crippen LogP contribution in [0.3, 0.4) is 0 Å². The summed E-state index contributed by atoms with van der Waals surface area (Å²) in [7, 11) is 0. The quantitative estimate of drug-likeness (QED) is 0.668. The van der Waals surface area contributed by atoms with Gasteiger partial charge in [-0.05, 0) is 26.0 Å². The molecule has 1 amide bonds. The number of amides is 1. The first kappa shape index (κ1) is 14.8. The van der Waals surface area contributed by atoms with Gasteiger partial charge in [0.25, 0.3) is 5.91 Å². The van der Waals surface area contributed by atoms with Gasteiger partial charge in [-0.2, -0.15) is 0 Å². The van der Waals surface area contributed by atoms with E-state index in [4.69, 9.17) is 4.74 Å². The van der Waals surface area contributed by atoms with Gasteiger partial charge in [0.05, 0.1) is 0 Å². The minimum absolute atomic E-state index is 0.174. The highest BCUT2D eigenvalue weighted by Gasteiger charge is 2.20. The van der Waals surface area contributed by atoms with E-state index in [1.807, 2.05) is 19.1 Å². The standard InChI is InChI=1S/C15H17N3O3/c1-4-8-16-14(19)11(3)21-15(20)12-9-18-10(2)6-5-7-13(18)17-12/h4-7,9,11H,1,8H2,2-3H3,(H,16,19). The van der Waals surface area contributed by atoms with Crippen LogP contribution in [0, 0.1) is 6.92 Å². The maximum atomic E-state index is 12.0. The third-order valence-corrected chi connectivity index (χ3v) is 2.98. The largest absolute Gasteiger partial charge is 0.448 e. The van der Waals surface area contributed by atoms with Crippen molar-refractivity contribution in [3.63, 3.8) is 0 Å². The summed E-state index contributed by atoms with van der Waals surface area (Å²) < 4.78 is 6.89. The molecular formula is C15H17N3O3. The molecule has 0 radical (unpaired) electrons. The van der Waals surface area contributed by atoms with E-state index < -0.39 is 12.1 Å². The van der Waals surface area contributed by atoms with E-state index in [1.54, 1.807) is 22.7 Å². The molecule has 6 nitrogen and oxygen atoms in total. The Kier molecular flexibility index (Phi) is 4.37. The summed E-state index contributed by atoms with van der Waals surface area (Å²) in [5.74, 6) is -0.998. The molecule has 0 fully saturated rings. The van der Waals surface area contributed by atoms with E-state index in [2.05, 4.69) is 16.9 Å². The van der Waals surface area contributed by atoms with E-state index in [0.29, 0.717) is 12.2 Å². The Bertz CT molecular complexity index is 691. The molecule has 0 spiro atoms. The average Bonchev–Trinajstić information content (AvgIpc) is 2.90. The van der Waals surface area contributed by atoms with Crippen LogP contribution in [0.25, 0.3) is 5.65 Å². The van der Waals surface area contributed by atoms with Crippen molar-refractivity contribution in [2.75, 3.05) is 6.54 Å². The number of carbonyl (C=O) groups is 2. The predicted octanol–water partition coefficient (Wildman–Crippen LogP) is 1.49. The van der Waals surface area contributed by atoms with Gasteiger partial charge < -0.3 is 14.5 Å². The van der Waals surface area contributed by atoms with Crippen LogP contribution in [0.2, 0.25) is 0 Å². The SMILES string of the molecule is C=CCNC(=O)C(C)OC(=O)c1cn2c(C)cccc2n1. The zero-order chi connectivity index (χ0) is 15.4. The van der Waals surface area contributed by atoms with Crippen molar-refractivity contribution in [2.45, 2.75) is 20.0 Å². The molecule has 1 unspecified atom stereocenters. The smallest absolute Gasteiger partial charge is 0.359 e. The number of fused-ring (bicyclic) bond motifs is 1. The fourth-order valence-electron chi connectivity index (χ4n) is 1.84. The van der Waals surface area contributed by atoms with Crippen LogP contribution in [0.15, 0.2) is 37.1 Å². The van der Waals surface area contributed by atoms with Gasteiger partial charge in [-0.1, -0.05) is 12.1 Å². The normalized spacial score (nSPS) is 11.9. The number of rotatable bonds is 5. The molecule has 6 heteroatoms. The second kappa shape index (κ2) is 6.21. The van der Waals surface area contributed by atoms with E-state index in [1.165, 1.54) is 6.92 Å². The van der Waals surface area contributed by atoms with Gasteiger partial charge in [0.15, 0.2) is 11.8 Å². The number of aryl methyl sites for hydroxylation is 1. The van der Waals surface area contributed by atoms with Crippen molar-refractivity contribution in [1.82, 2.24) is 14.7 Å². The van der Waals surface area contributed by atoms with Gasteiger partial charge in [0.1, 0.15) is 5.65 Å². The van der Waals surface area contributed by atoms with Gasteiger partial charge in [-0.25, -0.2) is 9.78 Å². The van der Waals surface area contributed by atoms with Crippen molar-refractivity contribution in [1.29, 1.82) is 0 Å². The Morgan fingerprint density at radius 3 is 2.95 bits per heavy atom. The highest BCUT2D eigenvalue weighted by molar-refractivity contribution is 5.91. The molecule has 2 heterocycles. The van der Waals surface area contributed by atoms with Crippen molar-refractivity contribution in [3.8, 4) is 0 Å². The van der Waals surface area contributed by atoms with Crippen LogP contribution in [0.5, 0.6) is 0 Å². The fourth-order valence-corrected chi connectivity index (χ4v) is 1.84. The molecule has 2 rings (SSSR count). The lowest BCUT2D eigenvalue weighted by Crippen LogP contribution is -2.35. The number of esters is 1. The molecule has 0 bridgehead atoms. The highest BCUT2D eigenvalue weighted by Crippen LogP contribution is 2.10. The Morgan fingerprint density at radius 1 is 1.52 bits per heavy atom. The van der Waals surface area contributed by atoms with Crippen molar-refractivity contribution >= 4 is 17.5 Å². The number of nitrogens with zero attached hydrogens (tertiary/aromatic N) is 2. The molecule has 0 aliphatic rings. The topological polar surface area (TPSA) is 72.7 Å². The van der Waals surface area contributed by atoms with Crippen LogP contribution in [-0.2, 0) is 9.53 Å². The van der Waals surface area contributed by atoms with Gasteiger partial charge in [0.2, 0.25) is 0 Å². The first-order chi connectivity index (χ1) is 10.0. The van der Waals surface area contributed by atoms with E-state index in [9.17, 15) is 9.59 Å². The summed E-state index contributed by atoms with van der Waals surface area (Å²) in [6, 6.07) is 5.57. The Morgan fingerprint density at radius 2 is 2.29 bits per heavy atom. The van der Waals surface area contributed by atoms with Crippen LogP contribution in [-0.4, -0.2) is 33.9 Å². The van der Waals surface area contributed by atoms with Crippen LogP contribution in [0.4, 0.5) is 0 Å². The Labute approximate surface area is 122 Å². The van der Waals surface area contributed by atoms with E-state index >= 15 is 0 Å². The predicted molar refractivity (Wildman–Crippen MR) is 78.0 cm³/mol. The van der Waals surface area contributed by atoms with Crippen LogP contribution in [0.1, 0.15) is 23.1 Å². The molecule has 0 saturated carbocycles. The highest BCUT2D eigenvalue weighted by atomic mass is 16.5.